The van der Waals surface area contributed by atoms with Crippen molar-refractivity contribution in [1.82, 2.24) is 19.4 Å². The summed E-state index contributed by atoms with van der Waals surface area (Å²) in [6.45, 7) is 7.60. The molecule has 2 N–H and O–H groups in total. The summed E-state index contributed by atoms with van der Waals surface area (Å²) in [6, 6.07) is 4.88. The van der Waals surface area contributed by atoms with Crippen LogP contribution in [0.15, 0.2) is 36.8 Å². The molecule has 0 amide bonds. The van der Waals surface area contributed by atoms with Gasteiger partial charge in [-0.05, 0) is 39.0 Å². The van der Waals surface area contributed by atoms with Gasteiger partial charge in [0.2, 0.25) is 0 Å². The number of nitrogens with zero attached hydrogens (tertiary/aromatic N) is 4. The van der Waals surface area contributed by atoms with E-state index in [2.05, 4.69) is 9.97 Å². The predicted molar refractivity (Wildman–Crippen MR) is 125 cm³/mol. The third-order valence-corrected chi connectivity index (χ3v) is 5.71. The molecule has 0 saturated heterocycles. The van der Waals surface area contributed by atoms with Gasteiger partial charge >= 0.3 is 0 Å². The van der Waals surface area contributed by atoms with Gasteiger partial charge in [0, 0.05) is 35.6 Å². The fourth-order valence-electron chi connectivity index (χ4n) is 3.81. The van der Waals surface area contributed by atoms with Gasteiger partial charge in [-0.25, -0.2) is 19.3 Å². The van der Waals surface area contributed by atoms with Gasteiger partial charge in [0.05, 0.1) is 22.4 Å². The molecule has 0 saturated carbocycles. The van der Waals surface area contributed by atoms with E-state index in [1.165, 1.54) is 6.20 Å². The molecule has 0 bridgehead atoms. The van der Waals surface area contributed by atoms with Crippen molar-refractivity contribution in [3.63, 3.8) is 0 Å². The van der Waals surface area contributed by atoms with Crippen molar-refractivity contribution in [2.75, 3.05) is 5.73 Å². The van der Waals surface area contributed by atoms with Crippen LogP contribution in [0.4, 0.5) is 10.2 Å². The van der Waals surface area contributed by atoms with Crippen molar-refractivity contribution in [3.05, 3.63) is 69.9 Å². The van der Waals surface area contributed by atoms with Gasteiger partial charge in [-0.3, -0.25) is 4.40 Å². The minimum Gasteiger partial charge on any atom is -0.490 e. The van der Waals surface area contributed by atoms with E-state index < -0.39 is 5.82 Å². The van der Waals surface area contributed by atoms with Crippen LogP contribution in [0.25, 0.3) is 16.6 Å². The molecule has 0 aliphatic heterocycles. The number of aryl methyl sites for hydroxylation is 1. The SMILES string of the molecule is Cc1nc([C@@H](C)c2cc(Cl)c(F)c(-c3ccc(Cl)nc3)c2OC(C)C)n2ccnc(N)c12. The lowest BCUT2D eigenvalue weighted by atomic mass is 9.93. The average Bonchev–Trinajstić information content (AvgIpc) is 3.09. The first-order valence-corrected chi connectivity index (χ1v) is 10.8. The average molecular weight is 474 g/mol. The maximum absolute atomic E-state index is 15.3. The topological polar surface area (TPSA) is 78.3 Å². The summed E-state index contributed by atoms with van der Waals surface area (Å²) in [5.41, 5.74) is 8.99. The van der Waals surface area contributed by atoms with E-state index >= 15 is 4.39 Å². The van der Waals surface area contributed by atoms with Crippen molar-refractivity contribution in [2.24, 2.45) is 0 Å². The van der Waals surface area contributed by atoms with E-state index in [9.17, 15) is 0 Å². The predicted octanol–water partition coefficient (Wildman–Crippen LogP) is 6.07. The lowest BCUT2D eigenvalue weighted by Gasteiger charge is -2.23. The van der Waals surface area contributed by atoms with E-state index in [0.29, 0.717) is 33.7 Å². The molecule has 0 radical (unpaired) electrons. The number of benzene rings is 1. The molecule has 3 aromatic heterocycles. The number of rotatable bonds is 5. The van der Waals surface area contributed by atoms with Crippen LogP contribution in [0.3, 0.4) is 0 Å². The second-order valence-corrected chi connectivity index (χ2v) is 8.60. The van der Waals surface area contributed by atoms with Crippen LogP contribution < -0.4 is 10.5 Å². The summed E-state index contributed by atoms with van der Waals surface area (Å²) in [7, 11) is 0. The summed E-state index contributed by atoms with van der Waals surface area (Å²) in [5.74, 6) is 0.599. The lowest BCUT2D eigenvalue weighted by Crippen LogP contribution is -2.13. The maximum atomic E-state index is 15.3. The molecule has 0 fully saturated rings. The fourth-order valence-corrected chi connectivity index (χ4v) is 4.13. The first kappa shape index (κ1) is 22.3. The molecule has 0 spiro atoms. The normalized spacial score (nSPS) is 12.5. The highest BCUT2D eigenvalue weighted by atomic mass is 35.5. The monoisotopic (exact) mass is 473 g/mol. The summed E-state index contributed by atoms with van der Waals surface area (Å²) >= 11 is 12.3. The van der Waals surface area contributed by atoms with Crippen molar-refractivity contribution < 1.29 is 9.13 Å². The number of imidazole rings is 1. The Balaban J connectivity index is 1.98. The molecule has 3 heterocycles. The first-order chi connectivity index (χ1) is 15.2. The van der Waals surface area contributed by atoms with Gasteiger partial charge in [0.25, 0.3) is 0 Å². The van der Waals surface area contributed by atoms with Crippen LogP contribution in [0, 0.1) is 12.7 Å². The van der Waals surface area contributed by atoms with E-state index in [1.54, 1.807) is 30.6 Å². The van der Waals surface area contributed by atoms with Crippen molar-refractivity contribution in [2.45, 2.75) is 39.7 Å². The first-order valence-electron chi connectivity index (χ1n) is 10.1. The quantitative estimate of drug-likeness (QED) is 0.356. The van der Waals surface area contributed by atoms with Crippen molar-refractivity contribution >= 4 is 34.5 Å². The number of fused-ring (bicyclic) bond motifs is 1. The lowest BCUT2D eigenvalue weighted by molar-refractivity contribution is 0.239. The number of nitrogen functional groups attached to an aromatic ring is 1. The molecule has 32 heavy (non-hydrogen) atoms. The van der Waals surface area contributed by atoms with Crippen LogP contribution in [0.5, 0.6) is 5.75 Å². The minimum atomic E-state index is -0.583. The Kier molecular flexibility index (Phi) is 5.97. The number of anilines is 1. The molecule has 4 aromatic rings. The molecule has 0 aliphatic rings. The van der Waals surface area contributed by atoms with Gasteiger partial charge in [-0.2, -0.15) is 0 Å². The number of ether oxygens (including phenoxy) is 1. The number of pyridine rings is 1. The molecule has 1 aromatic carbocycles. The highest BCUT2D eigenvalue weighted by Gasteiger charge is 2.27. The maximum Gasteiger partial charge on any atom is 0.153 e. The Bertz CT molecular complexity index is 1300. The minimum absolute atomic E-state index is 0.0216. The van der Waals surface area contributed by atoms with E-state index in [1.807, 2.05) is 32.1 Å². The Morgan fingerprint density at radius 3 is 2.56 bits per heavy atom. The summed E-state index contributed by atoms with van der Waals surface area (Å²) < 4.78 is 23.4. The summed E-state index contributed by atoms with van der Waals surface area (Å²) in [6.07, 6.45) is 4.71. The third kappa shape index (κ3) is 3.87. The van der Waals surface area contributed by atoms with E-state index in [0.717, 1.165) is 11.2 Å². The van der Waals surface area contributed by atoms with Crippen LogP contribution >= 0.6 is 23.2 Å². The highest BCUT2D eigenvalue weighted by Crippen LogP contribution is 2.44. The van der Waals surface area contributed by atoms with Gasteiger partial charge < -0.3 is 10.5 Å². The number of hydrogen-bond acceptors (Lipinski definition) is 5. The van der Waals surface area contributed by atoms with E-state index in [4.69, 9.17) is 38.7 Å². The zero-order chi connectivity index (χ0) is 23.2. The zero-order valence-electron chi connectivity index (χ0n) is 18.0. The Labute approximate surface area is 195 Å². The molecular formula is C23H22Cl2FN5O. The molecule has 1 atom stereocenters. The number of nitrogens with two attached hydrogens (primary N) is 1. The fraction of sp³-hybridized carbons (Fsp3) is 0.261. The Morgan fingerprint density at radius 1 is 1.16 bits per heavy atom. The van der Waals surface area contributed by atoms with Gasteiger partial charge in [-0.15, -0.1) is 0 Å². The number of aromatic nitrogens is 4. The molecule has 0 unspecified atom stereocenters. The second kappa shape index (κ2) is 8.56. The molecule has 9 heteroatoms. The van der Waals surface area contributed by atoms with Crippen molar-refractivity contribution in [3.8, 4) is 16.9 Å². The standard InChI is InChI=1S/C23H22Cl2FN5O/c1-11(2)32-21-15(9-16(24)19(26)18(21)14-5-6-17(25)29-10-14)12(3)23-30-13(4)20-22(27)28-7-8-31(20)23/h5-12H,1-4H3,(H2,27,28)/t12-/m0/s1. The van der Waals surface area contributed by atoms with Crippen LogP contribution in [-0.2, 0) is 0 Å². The largest absolute Gasteiger partial charge is 0.490 e. The number of hydrogen-bond donors (Lipinski definition) is 1. The Hall–Kier alpha value is -2.90. The van der Waals surface area contributed by atoms with Gasteiger partial charge in [0.15, 0.2) is 5.82 Å². The second-order valence-electron chi connectivity index (χ2n) is 7.81. The van der Waals surface area contributed by atoms with Crippen LogP contribution in [0.2, 0.25) is 10.2 Å². The molecular weight excluding hydrogens is 452 g/mol. The smallest absolute Gasteiger partial charge is 0.153 e. The summed E-state index contributed by atoms with van der Waals surface area (Å²) in [5, 5.41) is 0.285. The highest BCUT2D eigenvalue weighted by molar-refractivity contribution is 6.31. The van der Waals surface area contributed by atoms with Crippen LogP contribution in [-0.4, -0.2) is 25.5 Å². The molecule has 6 nitrogen and oxygen atoms in total. The van der Waals surface area contributed by atoms with Gasteiger partial charge in [0.1, 0.15) is 28.1 Å². The van der Waals surface area contributed by atoms with Gasteiger partial charge in [-0.1, -0.05) is 30.1 Å². The third-order valence-electron chi connectivity index (χ3n) is 5.21. The van der Waals surface area contributed by atoms with E-state index in [-0.39, 0.29) is 22.6 Å². The van der Waals surface area contributed by atoms with Crippen LogP contribution in [0.1, 0.15) is 43.8 Å². The summed E-state index contributed by atoms with van der Waals surface area (Å²) in [4.78, 5) is 13.0. The van der Waals surface area contributed by atoms with Crippen molar-refractivity contribution in [1.29, 1.82) is 0 Å². The molecule has 0 aliphatic carbocycles. The molecule has 166 valence electrons. The zero-order valence-corrected chi connectivity index (χ0v) is 19.5. The number of halogens is 3. The molecule has 4 rings (SSSR count). The Morgan fingerprint density at radius 2 is 1.91 bits per heavy atom.